The van der Waals surface area contributed by atoms with E-state index in [1.165, 1.54) is 0 Å². The number of benzene rings is 6. The predicted octanol–water partition coefficient (Wildman–Crippen LogP) is 29.3. The van der Waals surface area contributed by atoms with E-state index in [2.05, 4.69) is 59.8 Å². The maximum Gasteiger partial charge on any atom is 0.176 e. The number of fused-ring (bicyclic) bond motifs is 12. The molecule has 0 saturated carbocycles. The van der Waals surface area contributed by atoms with Crippen LogP contribution in [0.2, 0.25) is 0 Å². The number of halogens is 24. The zero-order valence-corrected chi connectivity index (χ0v) is 72.7. The Morgan fingerprint density at radius 2 is 0.268 bits per heavy atom. The van der Waals surface area contributed by atoms with Gasteiger partial charge in [-0.1, -0.05) is 70.6 Å². The Labute approximate surface area is 783 Å². The van der Waals surface area contributed by atoms with Crippen molar-refractivity contribution in [1.82, 2.24) is 59.8 Å². The highest BCUT2D eigenvalue weighted by molar-refractivity contribution is 8.00. The van der Waals surface area contributed by atoms with E-state index in [1.807, 2.05) is 0 Å². The Morgan fingerprint density at radius 3 is 0.406 bits per heavy atom. The minimum absolute atomic E-state index is 0.0878. The number of hydrogen-bond acceptors (Lipinski definition) is 16. The summed E-state index contributed by atoms with van der Waals surface area (Å²) in [5.74, 6) is -54.9. The molecule has 0 amide bonds. The second-order valence-electron chi connectivity index (χ2n) is 29.2. The molecule has 13 heterocycles. The second-order valence-corrected chi connectivity index (χ2v) is 35.7. The highest BCUT2D eigenvalue weighted by Gasteiger charge is 2.40. The predicted molar refractivity (Wildman–Crippen MR) is 469 cm³/mol. The first-order valence-corrected chi connectivity index (χ1v) is 44.2. The number of aromatic nitrogens is 12. The largest absolute Gasteiger partial charge is 0.354 e. The van der Waals surface area contributed by atoms with E-state index in [0.717, 1.165) is 147 Å². The van der Waals surface area contributed by atoms with Gasteiger partial charge in [-0.05, 0) is 146 Å². The molecule has 2 N–H and O–H groups in total. The van der Waals surface area contributed by atoms with E-state index in [1.54, 1.807) is 0 Å². The molecule has 12 bridgehead atoms. The van der Waals surface area contributed by atoms with Gasteiger partial charge in [0, 0.05) is 159 Å². The number of nitrogens with one attached hydrogen (secondary N) is 2. The summed E-state index contributed by atoms with van der Waals surface area (Å²) in [4.78, 5) is 36.4. The van der Waals surface area contributed by atoms with Crippen molar-refractivity contribution in [3.8, 4) is 66.8 Å². The lowest BCUT2D eigenvalue weighted by atomic mass is 10.00. The van der Waals surface area contributed by atoms with Gasteiger partial charge in [0.15, 0.2) is 140 Å². The van der Waals surface area contributed by atoms with E-state index < -0.39 is 303 Å². The minimum atomic E-state index is -2.37. The van der Waals surface area contributed by atoms with E-state index >= 15 is 105 Å². The fourth-order valence-electron chi connectivity index (χ4n) is 15.0. The molecule has 686 valence electrons. The standard InChI is InChI=1S/C96H38F24N12S6/c97-67-61(68(98)80(110)91(79(67)109)133-37-13-25-121-26-14-37)55-43-1-2-44(127-43)56(62-69(99)81(111)92(82(112)70(62)100)134-38-15-27-122-28-16-38)46-5-6-48(129-46)58(64-73(103)85(115)94(86(116)74(64)104)136-40-19-31-124-32-20-40)50-9-10-52(131-50)60(66-77(107)89(119)96(90(120)78(66)108)138-42-23-35-126-36-24-42)54-12-11-53(132-54)59(65-75(105)87(117)95(88(118)76(65)106)137-41-21-33-125-34-22-41)51-8-7-49(130-51)57(47-4-3-45(55)128-47)63-71(101)83(113)93(84(114)72(63)102)135-39-17-29-123-30-18-39/h1-36,127,132H. The molecule has 19 rings (SSSR count). The highest BCUT2D eigenvalue weighted by atomic mass is 32.2. The molecule has 4 aliphatic heterocycles. The normalized spacial score (nSPS) is 12.1. The lowest BCUT2D eigenvalue weighted by molar-refractivity contribution is 0.430. The van der Waals surface area contributed by atoms with Crippen molar-refractivity contribution in [1.29, 1.82) is 0 Å². The third kappa shape index (κ3) is 16.5. The van der Waals surface area contributed by atoms with Crippen molar-refractivity contribution < 1.29 is 105 Å². The summed E-state index contributed by atoms with van der Waals surface area (Å²) in [7, 11) is 0. The van der Waals surface area contributed by atoms with Crippen LogP contribution in [0.3, 0.4) is 0 Å². The Balaban J connectivity index is 1.02. The maximum atomic E-state index is 18.0. The molecule has 0 radical (unpaired) electrons. The Morgan fingerprint density at radius 1 is 0.145 bits per heavy atom. The summed E-state index contributed by atoms with van der Waals surface area (Å²) in [6, 6.07) is 16.5. The molecule has 6 aromatic carbocycles. The van der Waals surface area contributed by atoms with E-state index in [0.29, 0.717) is 72.9 Å². The monoisotopic (exact) mass is 2010 g/mol. The molecule has 12 nitrogen and oxygen atoms in total. The third-order valence-corrected chi connectivity index (χ3v) is 27.5. The van der Waals surface area contributed by atoms with Crippen molar-refractivity contribution in [3.63, 3.8) is 0 Å². The minimum Gasteiger partial charge on any atom is -0.354 e. The molecule has 15 aromatic rings. The lowest BCUT2D eigenvalue weighted by Crippen LogP contribution is -2.05. The van der Waals surface area contributed by atoms with Crippen LogP contribution in [0.5, 0.6) is 0 Å². The average Bonchev–Trinajstić information content (AvgIpc) is 1.57. The van der Waals surface area contributed by atoms with Gasteiger partial charge in [-0.25, -0.2) is 125 Å². The van der Waals surface area contributed by atoms with Crippen LogP contribution in [0.1, 0.15) is 45.6 Å². The Kier molecular flexibility index (Phi) is 25.2. The fraction of sp³-hybridized carbons (Fsp3) is 0. The number of aromatic amines is 2. The smallest absolute Gasteiger partial charge is 0.176 e. The molecule has 0 aliphatic carbocycles. The summed E-state index contributed by atoms with van der Waals surface area (Å²) in [5.41, 5.74) is -32.2. The Hall–Kier alpha value is -14.5. The maximum absolute atomic E-state index is 18.0. The van der Waals surface area contributed by atoms with Crippen molar-refractivity contribution in [2.24, 2.45) is 0 Å². The third-order valence-electron chi connectivity index (χ3n) is 21.1. The zero-order valence-electron chi connectivity index (χ0n) is 67.8. The van der Waals surface area contributed by atoms with Gasteiger partial charge in [0.25, 0.3) is 0 Å². The highest BCUT2D eigenvalue weighted by Crippen LogP contribution is 2.53. The Bertz CT molecular complexity index is 7190. The van der Waals surface area contributed by atoms with Crippen LogP contribution < -0.4 is 0 Å². The van der Waals surface area contributed by atoms with Crippen LogP contribution in [0.25, 0.3) is 137 Å². The molecule has 9 aromatic heterocycles. The molecule has 0 atom stereocenters. The van der Waals surface area contributed by atoms with Crippen molar-refractivity contribution >= 4 is 141 Å². The molecule has 4 aliphatic rings. The first-order chi connectivity index (χ1) is 66.5. The van der Waals surface area contributed by atoms with Gasteiger partial charge in [0.05, 0.1) is 108 Å². The lowest BCUT2D eigenvalue weighted by Gasteiger charge is -2.14. The number of H-pyrrole nitrogens is 2. The number of nitrogens with zero attached hydrogens (tertiary/aromatic N) is 10. The number of rotatable bonds is 18. The van der Waals surface area contributed by atoms with Gasteiger partial charge in [-0.2, -0.15) is 0 Å². The summed E-state index contributed by atoms with van der Waals surface area (Å²) in [5, 5.41) is 0. The molecule has 0 unspecified atom stereocenters. The van der Waals surface area contributed by atoms with Gasteiger partial charge < -0.3 is 9.97 Å². The summed E-state index contributed by atoms with van der Waals surface area (Å²) >= 11 is 0.538. The zero-order chi connectivity index (χ0) is 96.8. The summed E-state index contributed by atoms with van der Waals surface area (Å²) in [6.07, 6.45) is 18.5. The molecule has 0 fully saturated rings. The number of hydrogen-bond donors (Lipinski definition) is 2. The topological polar surface area (TPSA) is 160 Å². The van der Waals surface area contributed by atoms with E-state index in [4.69, 9.17) is 0 Å². The van der Waals surface area contributed by atoms with Crippen molar-refractivity contribution in [2.45, 2.75) is 58.7 Å². The van der Waals surface area contributed by atoms with Gasteiger partial charge in [-0.15, -0.1) is 0 Å². The SMILES string of the molecule is Fc1c(F)c(-c2c3nc(c(-c4c(F)c(F)c(Sc5ccncc5)c(F)c4F)c4ccc([nH]4)c(-c4c(F)c(F)c(Sc5ccncc5)c(F)c4F)c4nc(c(-c5c(F)c(F)c(Sc6ccncc6)c(F)c5F)c5nc(c(-c6c(F)c(F)c(Sc7ccncc7)c(F)c6F)c6ccc([nH]6)c(-c6c(F)c(F)c(Sc7ccncc7)c(F)c6F)c6nc2C=C6)C=C5)C=C4)C=C3)c(F)c(F)c1Sc1ccncc1. The summed E-state index contributed by atoms with van der Waals surface area (Å²) < 4.78 is 425. The fourth-order valence-corrected chi connectivity index (χ4v) is 20.1. The number of pyridine rings is 6. The van der Waals surface area contributed by atoms with Crippen LogP contribution in [-0.4, -0.2) is 59.8 Å². The van der Waals surface area contributed by atoms with Gasteiger partial charge in [0.2, 0.25) is 0 Å². The first-order valence-electron chi connectivity index (χ1n) is 39.3. The van der Waals surface area contributed by atoms with Crippen LogP contribution in [0, 0.1) is 140 Å². The van der Waals surface area contributed by atoms with E-state index in [9.17, 15) is 0 Å². The summed E-state index contributed by atoms with van der Waals surface area (Å²) in [6.45, 7) is 0. The van der Waals surface area contributed by atoms with Crippen molar-refractivity contribution in [2.75, 3.05) is 0 Å². The van der Waals surface area contributed by atoms with Gasteiger partial charge in [-0.3, -0.25) is 29.9 Å². The molecule has 0 spiro atoms. The second kappa shape index (κ2) is 37.6. The van der Waals surface area contributed by atoms with Crippen LogP contribution in [0.15, 0.2) is 230 Å². The van der Waals surface area contributed by atoms with Crippen LogP contribution in [0.4, 0.5) is 105 Å². The van der Waals surface area contributed by atoms with Gasteiger partial charge >= 0.3 is 0 Å². The first kappa shape index (κ1) is 92.6. The average molecular weight is 2010 g/mol. The molecule has 42 heteroatoms. The van der Waals surface area contributed by atoms with Crippen LogP contribution in [-0.2, 0) is 0 Å². The quantitative estimate of drug-likeness (QED) is 0.0616. The molecule has 0 saturated heterocycles. The molecule has 138 heavy (non-hydrogen) atoms. The molecular formula is C96H38F24N12S6. The molecular weight excluding hydrogens is 1970 g/mol. The van der Waals surface area contributed by atoms with Crippen LogP contribution >= 0.6 is 70.6 Å². The van der Waals surface area contributed by atoms with Crippen molar-refractivity contribution in [3.05, 3.63) is 357 Å². The van der Waals surface area contributed by atoms with Gasteiger partial charge in [0.1, 0.15) is 0 Å². The van der Waals surface area contributed by atoms with E-state index in [-0.39, 0.29) is 99.9 Å².